The summed E-state index contributed by atoms with van der Waals surface area (Å²) in [7, 11) is 1.97. The Morgan fingerprint density at radius 2 is 2.07 bits per heavy atom. The molecule has 3 nitrogen and oxygen atoms in total. The van der Waals surface area contributed by atoms with E-state index in [9.17, 15) is 4.79 Å². The van der Waals surface area contributed by atoms with E-state index in [0.29, 0.717) is 18.1 Å². The monoisotopic (exact) mass is 192 g/mol. The van der Waals surface area contributed by atoms with Gasteiger partial charge in [-0.1, -0.05) is 13.8 Å². The fraction of sp³-hybridized carbons (Fsp3) is 0.636. The third-order valence-electron chi connectivity index (χ3n) is 2.86. The minimum absolute atomic E-state index is 0.292. The first-order valence-corrected chi connectivity index (χ1v) is 5.15. The van der Waals surface area contributed by atoms with Crippen molar-refractivity contribution in [3.63, 3.8) is 0 Å². The maximum absolute atomic E-state index is 11.7. The van der Waals surface area contributed by atoms with Gasteiger partial charge in [0.05, 0.1) is 12.3 Å². The summed E-state index contributed by atoms with van der Waals surface area (Å²) in [6.45, 7) is 5.09. The summed E-state index contributed by atoms with van der Waals surface area (Å²) in [4.78, 5) is 11.7. The van der Waals surface area contributed by atoms with E-state index in [2.05, 4.69) is 18.9 Å². The number of carbonyl (C=O) groups excluding carboxylic acids is 1. The first-order chi connectivity index (χ1) is 6.59. The van der Waals surface area contributed by atoms with Gasteiger partial charge >= 0.3 is 0 Å². The Bertz CT molecular complexity index is 339. The van der Waals surface area contributed by atoms with Crippen LogP contribution in [0.15, 0.2) is 16.2 Å². The van der Waals surface area contributed by atoms with Crippen molar-refractivity contribution in [3.05, 3.63) is 11.1 Å². The van der Waals surface area contributed by atoms with Crippen molar-refractivity contribution in [2.75, 3.05) is 13.6 Å². The van der Waals surface area contributed by atoms with E-state index in [1.165, 1.54) is 5.57 Å². The van der Waals surface area contributed by atoms with Gasteiger partial charge in [0.25, 0.3) is 0 Å². The highest BCUT2D eigenvalue weighted by Gasteiger charge is 2.31. The normalized spacial score (nSPS) is 21.9. The molecule has 0 unspecified atom stereocenters. The Balaban J connectivity index is 2.47. The number of hydrogen-bond acceptors (Lipinski definition) is 3. The fourth-order valence-electron chi connectivity index (χ4n) is 2.15. The van der Waals surface area contributed by atoms with Crippen molar-refractivity contribution >= 4 is 11.5 Å². The number of likely N-dealkylation sites (N-methyl/N-ethyl adjacent to an activating group) is 1. The van der Waals surface area contributed by atoms with E-state index in [1.54, 1.807) is 0 Å². The zero-order valence-corrected chi connectivity index (χ0v) is 9.00. The van der Waals surface area contributed by atoms with Gasteiger partial charge in [0.15, 0.2) is 5.78 Å². The molecule has 1 heterocycles. The van der Waals surface area contributed by atoms with Crippen molar-refractivity contribution in [3.8, 4) is 0 Å². The molecular weight excluding hydrogens is 176 g/mol. The summed E-state index contributed by atoms with van der Waals surface area (Å²) in [5.41, 5.74) is 3.21. The quantitative estimate of drug-likeness (QED) is 0.632. The van der Waals surface area contributed by atoms with Crippen LogP contribution in [0.3, 0.4) is 0 Å². The molecule has 1 saturated carbocycles. The number of fused-ring (bicyclic) bond motifs is 1. The zero-order valence-electron chi connectivity index (χ0n) is 9.00. The van der Waals surface area contributed by atoms with Crippen molar-refractivity contribution in [1.29, 1.82) is 0 Å². The first-order valence-electron chi connectivity index (χ1n) is 5.15. The first kappa shape index (κ1) is 9.44. The fourth-order valence-corrected chi connectivity index (χ4v) is 2.15. The third-order valence-corrected chi connectivity index (χ3v) is 2.86. The van der Waals surface area contributed by atoms with Crippen LogP contribution < -0.4 is 0 Å². The Hall–Kier alpha value is -1.12. The molecule has 1 fully saturated rings. The molecule has 0 amide bonds. The van der Waals surface area contributed by atoms with Crippen LogP contribution in [-0.2, 0) is 4.79 Å². The van der Waals surface area contributed by atoms with Gasteiger partial charge in [-0.25, -0.2) is 0 Å². The van der Waals surface area contributed by atoms with Crippen LogP contribution in [0.5, 0.6) is 0 Å². The van der Waals surface area contributed by atoms with Crippen LogP contribution in [0.1, 0.15) is 26.7 Å². The molecule has 3 heteroatoms. The van der Waals surface area contributed by atoms with E-state index >= 15 is 0 Å². The predicted molar refractivity (Wildman–Crippen MR) is 56.2 cm³/mol. The summed E-state index contributed by atoms with van der Waals surface area (Å²) >= 11 is 0. The number of nitrogens with zero attached hydrogens (tertiary/aromatic N) is 2. The van der Waals surface area contributed by atoms with E-state index in [0.717, 1.165) is 24.3 Å². The van der Waals surface area contributed by atoms with Gasteiger partial charge in [0.2, 0.25) is 0 Å². The van der Waals surface area contributed by atoms with Crippen LogP contribution in [0.4, 0.5) is 0 Å². The maximum Gasteiger partial charge on any atom is 0.165 e. The average molecular weight is 192 g/mol. The molecule has 0 aromatic rings. The van der Waals surface area contributed by atoms with Crippen molar-refractivity contribution in [1.82, 2.24) is 5.01 Å². The lowest BCUT2D eigenvalue weighted by Gasteiger charge is -2.25. The summed E-state index contributed by atoms with van der Waals surface area (Å²) in [5, 5.41) is 6.34. The number of allylic oxidation sites excluding steroid dienone is 1. The number of rotatable bonds is 1. The van der Waals surface area contributed by atoms with Crippen LogP contribution >= 0.6 is 0 Å². The Morgan fingerprint density at radius 1 is 1.36 bits per heavy atom. The van der Waals surface area contributed by atoms with Crippen LogP contribution in [0.25, 0.3) is 0 Å². The van der Waals surface area contributed by atoms with E-state index in [-0.39, 0.29) is 0 Å². The van der Waals surface area contributed by atoms with Crippen LogP contribution in [-0.4, -0.2) is 30.1 Å². The SMILES string of the molecule is CC(C)C1=C2C(=O)CCC2=NN(C)C1. The molecule has 1 aliphatic carbocycles. The summed E-state index contributed by atoms with van der Waals surface area (Å²) in [5.74, 6) is 0.737. The molecular formula is C11H16N2O. The molecule has 2 aliphatic rings. The number of Topliss-reactive ketones (excluding diaryl/α,β-unsaturated/α-hetero) is 1. The second kappa shape index (κ2) is 3.23. The minimum atomic E-state index is 0.292. The Kier molecular flexibility index (Phi) is 2.17. The minimum Gasteiger partial charge on any atom is -0.296 e. The standard InChI is InChI=1S/C11H16N2O/c1-7(2)8-6-13(3)12-9-4-5-10(14)11(8)9/h7H,4-6H2,1-3H3. The lowest BCUT2D eigenvalue weighted by atomic mass is 9.94. The van der Waals surface area contributed by atoms with Crippen LogP contribution in [0.2, 0.25) is 0 Å². The molecule has 2 rings (SSSR count). The largest absolute Gasteiger partial charge is 0.296 e. The second-order valence-corrected chi connectivity index (χ2v) is 4.34. The molecule has 0 spiro atoms. The molecule has 0 N–H and O–H groups in total. The molecule has 0 saturated heterocycles. The number of hydrazone groups is 1. The van der Waals surface area contributed by atoms with Gasteiger partial charge in [-0.05, 0) is 17.9 Å². The Labute approximate surface area is 84.5 Å². The molecule has 0 bridgehead atoms. The van der Waals surface area contributed by atoms with Crippen LogP contribution in [0, 0.1) is 5.92 Å². The smallest absolute Gasteiger partial charge is 0.165 e. The highest BCUT2D eigenvalue weighted by Crippen LogP contribution is 2.29. The number of ketones is 1. The highest BCUT2D eigenvalue weighted by atomic mass is 16.1. The lowest BCUT2D eigenvalue weighted by Crippen LogP contribution is -2.27. The average Bonchev–Trinajstić information content (AvgIpc) is 2.46. The van der Waals surface area contributed by atoms with Gasteiger partial charge < -0.3 is 0 Å². The lowest BCUT2D eigenvalue weighted by molar-refractivity contribution is -0.114. The second-order valence-electron chi connectivity index (χ2n) is 4.34. The third kappa shape index (κ3) is 1.37. The topological polar surface area (TPSA) is 32.7 Å². The van der Waals surface area contributed by atoms with Gasteiger partial charge in [0.1, 0.15) is 0 Å². The van der Waals surface area contributed by atoms with Gasteiger partial charge in [-0.3, -0.25) is 9.80 Å². The summed E-state index contributed by atoms with van der Waals surface area (Å²) < 4.78 is 0. The number of carbonyl (C=O) groups is 1. The molecule has 76 valence electrons. The molecule has 0 atom stereocenters. The predicted octanol–water partition coefficient (Wildman–Crippen LogP) is 1.60. The van der Waals surface area contributed by atoms with Gasteiger partial charge in [0, 0.05) is 19.0 Å². The van der Waals surface area contributed by atoms with Gasteiger partial charge in [-0.15, -0.1) is 0 Å². The maximum atomic E-state index is 11.7. The molecule has 14 heavy (non-hydrogen) atoms. The zero-order chi connectivity index (χ0) is 10.3. The van der Waals surface area contributed by atoms with Crippen molar-refractivity contribution in [2.24, 2.45) is 11.0 Å². The van der Waals surface area contributed by atoms with Crippen molar-refractivity contribution in [2.45, 2.75) is 26.7 Å². The molecule has 0 aromatic heterocycles. The molecule has 0 radical (unpaired) electrons. The van der Waals surface area contributed by atoms with Crippen molar-refractivity contribution < 1.29 is 4.79 Å². The number of hydrogen-bond donors (Lipinski definition) is 0. The van der Waals surface area contributed by atoms with E-state index < -0.39 is 0 Å². The van der Waals surface area contributed by atoms with E-state index in [1.807, 2.05) is 12.1 Å². The molecule has 0 aromatic carbocycles. The van der Waals surface area contributed by atoms with E-state index in [4.69, 9.17) is 0 Å². The molecule has 1 aliphatic heterocycles. The summed E-state index contributed by atoms with van der Waals surface area (Å²) in [6.07, 6.45) is 1.48. The van der Waals surface area contributed by atoms with Gasteiger partial charge in [-0.2, -0.15) is 5.10 Å². The Morgan fingerprint density at radius 3 is 2.71 bits per heavy atom. The highest BCUT2D eigenvalue weighted by molar-refractivity contribution is 6.28. The summed E-state index contributed by atoms with van der Waals surface area (Å²) in [6, 6.07) is 0.